The third kappa shape index (κ3) is 4.72. The van der Waals surface area contributed by atoms with Gasteiger partial charge in [0, 0.05) is 37.4 Å². The first kappa shape index (κ1) is 18.6. The molecule has 1 saturated carbocycles. The molecule has 2 atom stereocenters. The molecule has 2 amide bonds. The summed E-state index contributed by atoms with van der Waals surface area (Å²) >= 11 is 0. The van der Waals surface area contributed by atoms with Crippen molar-refractivity contribution < 1.29 is 14.0 Å². The Balaban J connectivity index is 1.50. The molecule has 1 heterocycles. The summed E-state index contributed by atoms with van der Waals surface area (Å²) in [4.78, 5) is 26.2. The maximum absolute atomic E-state index is 13.3. The van der Waals surface area contributed by atoms with Gasteiger partial charge in [-0.1, -0.05) is 0 Å². The number of nitrogens with two attached hydrogens (primary N) is 1. The second-order valence-corrected chi connectivity index (χ2v) is 7.40. The summed E-state index contributed by atoms with van der Waals surface area (Å²) in [6.45, 7) is 3.66. The zero-order valence-corrected chi connectivity index (χ0v) is 15.1. The summed E-state index contributed by atoms with van der Waals surface area (Å²) in [6, 6.07) is 4.54. The number of amides is 2. The summed E-state index contributed by atoms with van der Waals surface area (Å²) in [5.41, 5.74) is 7.77. The highest BCUT2D eigenvalue weighted by molar-refractivity contribution is 6.35. The Bertz CT molecular complexity index is 678. The molecule has 6 nitrogen and oxygen atoms in total. The lowest BCUT2D eigenvalue weighted by Gasteiger charge is -2.35. The predicted octanol–water partition coefficient (Wildman–Crippen LogP) is 1.07. The number of halogens is 1. The summed E-state index contributed by atoms with van der Waals surface area (Å²) in [5.74, 6) is -1.02. The molecule has 0 aromatic heterocycles. The minimum absolute atomic E-state index is 0.0710. The van der Waals surface area contributed by atoms with E-state index in [4.69, 9.17) is 5.73 Å². The van der Waals surface area contributed by atoms with E-state index >= 15 is 0 Å². The van der Waals surface area contributed by atoms with E-state index in [1.165, 1.54) is 12.1 Å². The van der Waals surface area contributed by atoms with E-state index in [-0.39, 0.29) is 17.9 Å². The molecule has 1 aromatic carbocycles. The Kier molecular flexibility index (Phi) is 5.76. The van der Waals surface area contributed by atoms with Crippen molar-refractivity contribution in [2.75, 3.05) is 24.5 Å². The van der Waals surface area contributed by atoms with Crippen LogP contribution in [0.3, 0.4) is 0 Å². The highest BCUT2D eigenvalue weighted by atomic mass is 19.1. The number of nitrogens with zero attached hydrogens (tertiary/aromatic N) is 1. The molecular formula is C19H27FN4O2. The quantitative estimate of drug-likeness (QED) is 0.684. The standard InChI is InChI=1S/C19H27FN4O2/c1-12-9-14(20)6-7-17(12)24-8-2-3-15(11-24)23-19(26)18(25)22-10-16(21)13-4-5-13/h6-7,9,13,15-16H,2-5,8,10-11,21H2,1H3,(H,22,25)(H,23,26). The van der Waals surface area contributed by atoms with Crippen molar-refractivity contribution in [3.63, 3.8) is 0 Å². The molecule has 1 aliphatic heterocycles. The Hall–Kier alpha value is -2.15. The van der Waals surface area contributed by atoms with Crippen LogP contribution >= 0.6 is 0 Å². The van der Waals surface area contributed by atoms with E-state index in [9.17, 15) is 14.0 Å². The molecular weight excluding hydrogens is 335 g/mol. The van der Waals surface area contributed by atoms with Gasteiger partial charge in [0.2, 0.25) is 0 Å². The molecule has 1 aromatic rings. The van der Waals surface area contributed by atoms with Crippen molar-refractivity contribution in [2.45, 2.75) is 44.7 Å². The molecule has 26 heavy (non-hydrogen) atoms. The minimum atomic E-state index is -0.629. The molecule has 0 bridgehead atoms. The van der Waals surface area contributed by atoms with Gasteiger partial charge in [-0.25, -0.2) is 4.39 Å². The Labute approximate surface area is 153 Å². The number of nitrogens with one attached hydrogen (secondary N) is 2. The molecule has 2 fully saturated rings. The van der Waals surface area contributed by atoms with Crippen molar-refractivity contribution in [1.82, 2.24) is 10.6 Å². The number of anilines is 1. The minimum Gasteiger partial charge on any atom is -0.369 e. The highest BCUT2D eigenvalue weighted by Crippen LogP contribution is 2.31. The average Bonchev–Trinajstić information content (AvgIpc) is 3.44. The number of piperidine rings is 1. The van der Waals surface area contributed by atoms with Gasteiger partial charge in [-0.15, -0.1) is 0 Å². The van der Waals surface area contributed by atoms with Crippen LogP contribution in [0.4, 0.5) is 10.1 Å². The average molecular weight is 362 g/mol. The maximum atomic E-state index is 13.3. The molecule has 142 valence electrons. The van der Waals surface area contributed by atoms with Gasteiger partial charge in [-0.2, -0.15) is 0 Å². The number of aryl methyl sites for hydroxylation is 1. The van der Waals surface area contributed by atoms with E-state index in [2.05, 4.69) is 15.5 Å². The highest BCUT2D eigenvalue weighted by Gasteiger charge is 2.29. The van der Waals surface area contributed by atoms with E-state index in [1.54, 1.807) is 6.07 Å². The van der Waals surface area contributed by atoms with Gasteiger partial charge in [0.05, 0.1) is 0 Å². The predicted molar refractivity (Wildman–Crippen MR) is 98.2 cm³/mol. The fraction of sp³-hybridized carbons (Fsp3) is 0.579. The lowest BCUT2D eigenvalue weighted by molar-refractivity contribution is -0.139. The van der Waals surface area contributed by atoms with Crippen LogP contribution in [0.25, 0.3) is 0 Å². The molecule has 3 rings (SSSR count). The molecule has 0 spiro atoms. The normalized spacial score (nSPS) is 21.2. The Morgan fingerprint density at radius 3 is 2.77 bits per heavy atom. The van der Waals surface area contributed by atoms with Gasteiger partial charge in [-0.3, -0.25) is 9.59 Å². The van der Waals surface area contributed by atoms with Gasteiger partial charge >= 0.3 is 11.8 Å². The van der Waals surface area contributed by atoms with Gasteiger partial charge in [0.1, 0.15) is 5.82 Å². The smallest absolute Gasteiger partial charge is 0.309 e. The van der Waals surface area contributed by atoms with E-state index in [1.807, 2.05) is 6.92 Å². The topological polar surface area (TPSA) is 87.5 Å². The second-order valence-electron chi connectivity index (χ2n) is 7.40. The Morgan fingerprint density at radius 2 is 2.08 bits per heavy atom. The van der Waals surface area contributed by atoms with E-state index < -0.39 is 11.8 Å². The van der Waals surface area contributed by atoms with E-state index in [0.29, 0.717) is 19.0 Å². The van der Waals surface area contributed by atoms with Crippen LogP contribution < -0.4 is 21.3 Å². The fourth-order valence-corrected chi connectivity index (χ4v) is 3.52. The first-order valence-electron chi connectivity index (χ1n) is 9.29. The largest absolute Gasteiger partial charge is 0.369 e. The van der Waals surface area contributed by atoms with Gasteiger partial charge in [0.15, 0.2) is 0 Å². The number of carbonyl (C=O) groups excluding carboxylic acids is 2. The summed E-state index contributed by atoms with van der Waals surface area (Å²) < 4.78 is 13.3. The van der Waals surface area contributed by atoms with Crippen LogP contribution in [0, 0.1) is 18.7 Å². The van der Waals surface area contributed by atoms with Gasteiger partial charge in [-0.05, 0) is 62.3 Å². The summed E-state index contributed by atoms with van der Waals surface area (Å²) in [6.07, 6.45) is 3.92. The maximum Gasteiger partial charge on any atom is 0.309 e. The third-order valence-corrected chi connectivity index (χ3v) is 5.19. The van der Waals surface area contributed by atoms with Gasteiger partial charge < -0.3 is 21.3 Å². The number of hydrogen-bond donors (Lipinski definition) is 3. The van der Waals surface area contributed by atoms with Crippen molar-refractivity contribution in [1.29, 1.82) is 0 Å². The van der Waals surface area contributed by atoms with Crippen LogP contribution in [0.5, 0.6) is 0 Å². The van der Waals surface area contributed by atoms with Gasteiger partial charge in [0.25, 0.3) is 0 Å². The van der Waals surface area contributed by atoms with Crippen LogP contribution in [0.15, 0.2) is 18.2 Å². The Morgan fingerprint density at radius 1 is 1.31 bits per heavy atom. The van der Waals surface area contributed by atoms with Crippen molar-refractivity contribution in [2.24, 2.45) is 11.7 Å². The molecule has 0 radical (unpaired) electrons. The second kappa shape index (κ2) is 8.03. The van der Waals surface area contributed by atoms with Crippen molar-refractivity contribution >= 4 is 17.5 Å². The SMILES string of the molecule is Cc1cc(F)ccc1N1CCCC(NC(=O)C(=O)NCC(N)C2CC2)C1. The number of benzene rings is 1. The summed E-state index contributed by atoms with van der Waals surface area (Å²) in [5, 5.41) is 5.43. The lowest BCUT2D eigenvalue weighted by Crippen LogP contribution is -2.52. The zero-order chi connectivity index (χ0) is 18.7. The zero-order valence-electron chi connectivity index (χ0n) is 15.1. The molecule has 1 saturated heterocycles. The van der Waals surface area contributed by atoms with Crippen LogP contribution in [0.2, 0.25) is 0 Å². The first-order chi connectivity index (χ1) is 12.4. The number of carbonyl (C=O) groups is 2. The van der Waals surface area contributed by atoms with Crippen molar-refractivity contribution in [3.8, 4) is 0 Å². The first-order valence-corrected chi connectivity index (χ1v) is 9.29. The van der Waals surface area contributed by atoms with E-state index in [0.717, 1.165) is 43.5 Å². The van der Waals surface area contributed by atoms with Crippen LogP contribution in [-0.4, -0.2) is 43.5 Å². The van der Waals surface area contributed by atoms with Crippen molar-refractivity contribution in [3.05, 3.63) is 29.6 Å². The molecule has 4 N–H and O–H groups in total. The molecule has 1 aliphatic carbocycles. The third-order valence-electron chi connectivity index (χ3n) is 5.19. The monoisotopic (exact) mass is 362 g/mol. The van der Waals surface area contributed by atoms with Crippen LogP contribution in [-0.2, 0) is 9.59 Å². The summed E-state index contributed by atoms with van der Waals surface area (Å²) in [7, 11) is 0. The number of rotatable bonds is 5. The number of hydrogen-bond acceptors (Lipinski definition) is 4. The molecule has 2 unspecified atom stereocenters. The van der Waals surface area contributed by atoms with Crippen LogP contribution in [0.1, 0.15) is 31.2 Å². The fourth-order valence-electron chi connectivity index (χ4n) is 3.52. The molecule has 2 aliphatic rings. The molecule has 7 heteroatoms. The lowest BCUT2D eigenvalue weighted by atomic mass is 10.0.